The molecule has 0 radical (unpaired) electrons. The minimum atomic E-state index is 0.222. The van der Waals surface area contributed by atoms with E-state index in [4.69, 9.17) is 4.74 Å². The third kappa shape index (κ3) is 1.29. The molecule has 3 rings (SSSR count). The Morgan fingerprint density at radius 2 is 2.13 bits per heavy atom. The molecule has 0 bridgehead atoms. The number of ether oxygens (including phenoxy) is 1. The Balaban J connectivity index is 2.25. The Bertz CT molecular complexity index is 458. The molecule has 0 spiro atoms. The Hall–Kier alpha value is -1.57. The van der Waals surface area contributed by atoms with Crippen LogP contribution >= 0.6 is 0 Å². The van der Waals surface area contributed by atoms with Crippen LogP contribution in [0.25, 0.3) is 6.08 Å². The summed E-state index contributed by atoms with van der Waals surface area (Å²) in [7, 11) is 0. The van der Waals surface area contributed by atoms with E-state index >= 15 is 0 Å². The van der Waals surface area contributed by atoms with Crippen molar-refractivity contribution in [2.24, 2.45) is 0 Å². The first kappa shape index (κ1) is 8.72. The van der Waals surface area contributed by atoms with Gasteiger partial charge in [-0.3, -0.25) is 4.79 Å². The summed E-state index contributed by atoms with van der Waals surface area (Å²) in [6.45, 7) is 0.522. The predicted molar refractivity (Wildman–Crippen MR) is 58.2 cm³/mol. The Morgan fingerprint density at radius 3 is 3.07 bits per heavy atom. The van der Waals surface area contributed by atoms with Crippen molar-refractivity contribution in [1.82, 2.24) is 0 Å². The van der Waals surface area contributed by atoms with E-state index in [-0.39, 0.29) is 5.78 Å². The van der Waals surface area contributed by atoms with Gasteiger partial charge in [0.25, 0.3) is 0 Å². The molecule has 0 fully saturated rings. The molecule has 0 saturated heterocycles. The molecule has 0 N–H and O–H groups in total. The number of hydrogen-bond acceptors (Lipinski definition) is 2. The quantitative estimate of drug-likeness (QED) is 0.643. The number of benzene rings is 1. The van der Waals surface area contributed by atoms with Crippen molar-refractivity contribution in [1.29, 1.82) is 0 Å². The van der Waals surface area contributed by atoms with Gasteiger partial charge in [0.15, 0.2) is 5.78 Å². The van der Waals surface area contributed by atoms with Gasteiger partial charge in [-0.25, -0.2) is 0 Å². The van der Waals surface area contributed by atoms with E-state index < -0.39 is 0 Å². The van der Waals surface area contributed by atoms with Gasteiger partial charge in [0, 0.05) is 6.42 Å². The topological polar surface area (TPSA) is 26.3 Å². The maximum absolute atomic E-state index is 11.8. The fourth-order valence-electron chi connectivity index (χ4n) is 2.28. The zero-order chi connectivity index (χ0) is 10.3. The summed E-state index contributed by atoms with van der Waals surface area (Å²) >= 11 is 0. The van der Waals surface area contributed by atoms with E-state index in [0.29, 0.717) is 13.0 Å². The van der Waals surface area contributed by atoms with Crippen LogP contribution in [0, 0.1) is 0 Å². The van der Waals surface area contributed by atoms with Gasteiger partial charge in [-0.05, 0) is 30.0 Å². The number of carbonyl (C=O) groups is 1. The Morgan fingerprint density at radius 1 is 1.20 bits per heavy atom. The fourth-order valence-corrected chi connectivity index (χ4v) is 2.28. The number of allylic oxidation sites excluding steroid dienone is 1. The minimum absolute atomic E-state index is 0.222. The van der Waals surface area contributed by atoms with Crippen molar-refractivity contribution in [3.05, 3.63) is 34.9 Å². The standard InChI is InChI=1S/C13H12O2/c14-11-7-8-15-12-6-5-9-3-1-2-4-10(9)13(11)12/h2,4-6H,1,3,7-8H2. The van der Waals surface area contributed by atoms with Gasteiger partial charge in [-0.2, -0.15) is 0 Å². The first-order valence-corrected chi connectivity index (χ1v) is 5.34. The second-order valence-corrected chi connectivity index (χ2v) is 3.97. The lowest BCUT2D eigenvalue weighted by Gasteiger charge is -2.21. The van der Waals surface area contributed by atoms with Crippen molar-refractivity contribution in [3.63, 3.8) is 0 Å². The number of ketones is 1. The molecule has 0 unspecified atom stereocenters. The summed E-state index contributed by atoms with van der Waals surface area (Å²) in [5.74, 6) is 0.983. The van der Waals surface area contributed by atoms with Crippen molar-refractivity contribution < 1.29 is 9.53 Å². The maximum atomic E-state index is 11.8. The Kier molecular flexibility index (Phi) is 1.88. The van der Waals surface area contributed by atoms with E-state index in [1.54, 1.807) is 0 Å². The van der Waals surface area contributed by atoms with E-state index in [2.05, 4.69) is 18.2 Å². The normalized spacial score (nSPS) is 18.0. The summed E-state index contributed by atoms with van der Waals surface area (Å²) in [6.07, 6.45) is 6.80. The van der Waals surface area contributed by atoms with E-state index in [1.165, 1.54) is 5.56 Å². The van der Waals surface area contributed by atoms with Crippen LogP contribution in [0.1, 0.15) is 34.3 Å². The maximum Gasteiger partial charge on any atom is 0.170 e. The van der Waals surface area contributed by atoms with Crippen LogP contribution in [0.15, 0.2) is 18.2 Å². The predicted octanol–water partition coefficient (Wildman–Crippen LogP) is 2.61. The van der Waals surface area contributed by atoms with Crippen LogP contribution in [-0.4, -0.2) is 12.4 Å². The highest BCUT2D eigenvalue weighted by atomic mass is 16.5. The number of Topliss-reactive ketones (excluding diaryl/α,β-unsaturated/α-hetero) is 1. The van der Waals surface area contributed by atoms with Crippen molar-refractivity contribution in [3.8, 4) is 5.75 Å². The van der Waals surface area contributed by atoms with E-state index in [9.17, 15) is 4.79 Å². The Labute approximate surface area is 88.6 Å². The van der Waals surface area contributed by atoms with Gasteiger partial charge < -0.3 is 4.74 Å². The second kappa shape index (κ2) is 3.23. The van der Waals surface area contributed by atoms with Gasteiger partial charge in [0.2, 0.25) is 0 Å². The SMILES string of the molecule is O=C1CCOc2ccc3c(c21)C=CCC3. The van der Waals surface area contributed by atoms with Gasteiger partial charge in [0.05, 0.1) is 12.2 Å². The largest absolute Gasteiger partial charge is 0.492 e. The number of rotatable bonds is 0. The van der Waals surface area contributed by atoms with Gasteiger partial charge in [0.1, 0.15) is 5.75 Å². The third-order valence-corrected chi connectivity index (χ3v) is 3.03. The first-order chi connectivity index (χ1) is 7.36. The summed E-state index contributed by atoms with van der Waals surface area (Å²) in [5, 5.41) is 0. The van der Waals surface area contributed by atoms with Crippen molar-refractivity contribution in [2.75, 3.05) is 6.61 Å². The number of aryl methyl sites for hydroxylation is 1. The van der Waals surface area contributed by atoms with Crippen molar-refractivity contribution in [2.45, 2.75) is 19.3 Å². The van der Waals surface area contributed by atoms with Gasteiger partial charge >= 0.3 is 0 Å². The molecule has 0 amide bonds. The molecule has 1 aromatic carbocycles. The summed E-state index contributed by atoms with van der Waals surface area (Å²) in [5.41, 5.74) is 3.16. The molecule has 0 saturated carbocycles. The highest BCUT2D eigenvalue weighted by molar-refractivity contribution is 6.03. The molecule has 2 heteroatoms. The van der Waals surface area contributed by atoms with Crippen molar-refractivity contribution >= 4 is 11.9 Å². The van der Waals surface area contributed by atoms with Crippen LogP contribution in [0.3, 0.4) is 0 Å². The van der Waals surface area contributed by atoms with Crippen LogP contribution in [-0.2, 0) is 6.42 Å². The zero-order valence-electron chi connectivity index (χ0n) is 8.45. The molecular formula is C13H12O2. The monoisotopic (exact) mass is 200 g/mol. The number of fused-ring (bicyclic) bond motifs is 3. The molecule has 15 heavy (non-hydrogen) atoms. The minimum Gasteiger partial charge on any atom is -0.492 e. The molecule has 0 aromatic heterocycles. The second-order valence-electron chi connectivity index (χ2n) is 3.97. The van der Waals surface area contributed by atoms with Crippen LogP contribution in [0.2, 0.25) is 0 Å². The molecule has 1 heterocycles. The van der Waals surface area contributed by atoms with Crippen LogP contribution in [0.4, 0.5) is 0 Å². The number of hydrogen-bond donors (Lipinski definition) is 0. The highest BCUT2D eigenvalue weighted by Gasteiger charge is 2.23. The summed E-state index contributed by atoms with van der Waals surface area (Å²) in [6, 6.07) is 4.01. The zero-order valence-corrected chi connectivity index (χ0v) is 8.45. The lowest BCUT2D eigenvalue weighted by atomic mass is 9.89. The van der Waals surface area contributed by atoms with Gasteiger partial charge in [-0.15, -0.1) is 0 Å². The molecule has 1 aliphatic heterocycles. The summed E-state index contributed by atoms with van der Waals surface area (Å²) in [4.78, 5) is 11.8. The number of carbonyl (C=O) groups excluding carboxylic acids is 1. The fraction of sp³-hybridized carbons (Fsp3) is 0.308. The molecule has 1 aromatic rings. The van der Waals surface area contributed by atoms with E-state index in [1.807, 2.05) is 6.07 Å². The molecule has 1 aliphatic carbocycles. The molecule has 0 atom stereocenters. The van der Waals surface area contributed by atoms with Crippen LogP contribution < -0.4 is 4.74 Å². The molecule has 2 aliphatic rings. The van der Waals surface area contributed by atoms with Gasteiger partial charge in [-0.1, -0.05) is 18.2 Å². The lowest BCUT2D eigenvalue weighted by Crippen LogP contribution is -2.17. The smallest absolute Gasteiger partial charge is 0.170 e. The summed E-state index contributed by atoms with van der Waals surface area (Å²) < 4.78 is 5.51. The molecule has 2 nitrogen and oxygen atoms in total. The van der Waals surface area contributed by atoms with Crippen LogP contribution in [0.5, 0.6) is 5.75 Å². The lowest BCUT2D eigenvalue weighted by molar-refractivity contribution is 0.0933. The third-order valence-electron chi connectivity index (χ3n) is 3.03. The first-order valence-electron chi connectivity index (χ1n) is 5.34. The van der Waals surface area contributed by atoms with E-state index in [0.717, 1.165) is 29.7 Å². The average molecular weight is 200 g/mol. The molecular weight excluding hydrogens is 188 g/mol. The highest BCUT2D eigenvalue weighted by Crippen LogP contribution is 2.33. The average Bonchev–Trinajstić information content (AvgIpc) is 2.29. The molecule has 76 valence electrons.